The van der Waals surface area contributed by atoms with Gasteiger partial charge in [-0.05, 0) is 37.0 Å². The van der Waals surface area contributed by atoms with Gasteiger partial charge < -0.3 is 19.5 Å². The zero-order valence-corrected chi connectivity index (χ0v) is 13.8. The van der Waals surface area contributed by atoms with E-state index in [1.54, 1.807) is 12.0 Å². The van der Waals surface area contributed by atoms with E-state index in [0.717, 1.165) is 37.0 Å². The van der Waals surface area contributed by atoms with Gasteiger partial charge in [0.15, 0.2) is 0 Å². The van der Waals surface area contributed by atoms with E-state index in [1.165, 1.54) is 7.11 Å². The predicted octanol–water partition coefficient (Wildman–Crippen LogP) is 3.13. The lowest BCUT2D eigenvalue weighted by Crippen LogP contribution is -2.56. The largest absolute Gasteiger partial charge is 0.497 e. The summed E-state index contributed by atoms with van der Waals surface area (Å²) < 4.78 is 10.2. The first kappa shape index (κ1) is 16.1. The van der Waals surface area contributed by atoms with Gasteiger partial charge in [0.05, 0.1) is 25.9 Å². The number of aliphatic hydroxyl groups is 1. The molecule has 1 heterocycles. The van der Waals surface area contributed by atoms with Crippen molar-refractivity contribution in [2.24, 2.45) is 5.92 Å². The Hall–Kier alpha value is -1.75. The number of carbonyl (C=O) groups is 1. The van der Waals surface area contributed by atoms with Crippen molar-refractivity contribution in [1.82, 2.24) is 4.90 Å². The average molecular weight is 319 g/mol. The van der Waals surface area contributed by atoms with E-state index in [1.807, 2.05) is 24.3 Å². The molecule has 1 saturated carbocycles. The number of methoxy groups -OCH3 is 2. The molecular formula is C18H25NO4. The second-order valence-electron chi connectivity index (χ2n) is 6.59. The maximum absolute atomic E-state index is 12.2. The Morgan fingerprint density at radius 2 is 1.96 bits per heavy atom. The number of amides is 1. The first-order valence-corrected chi connectivity index (χ1v) is 8.30. The number of carbonyl (C=O) groups excluding carboxylic acids is 1. The van der Waals surface area contributed by atoms with Gasteiger partial charge in [-0.1, -0.05) is 25.0 Å². The molecule has 1 aliphatic heterocycles. The molecule has 2 fully saturated rings. The molecule has 3 atom stereocenters. The van der Waals surface area contributed by atoms with E-state index in [4.69, 9.17) is 9.47 Å². The fourth-order valence-corrected chi connectivity index (χ4v) is 4.22. The van der Waals surface area contributed by atoms with Crippen molar-refractivity contribution in [3.63, 3.8) is 0 Å². The molecule has 5 nitrogen and oxygen atoms in total. The fraction of sp³-hybridized carbons (Fsp3) is 0.611. The Morgan fingerprint density at radius 3 is 2.61 bits per heavy atom. The molecule has 1 aliphatic carbocycles. The van der Waals surface area contributed by atoms with Crippen LogP contribution < -0.4 is 4.74 Å². The third-order valence-electron chi connectivity index (χ3n) is 5.43. The molecule has 1 aromatic rings. The van der Waals surface area contributed by atoms with Crippen LogP contribution in [0.1, 0.15) is 43.7 Å². The van der Waals surface area contributed by atoms with E-state index >= 15 is 0 Å². The van der Waals surface area contributed by atoms with Crippen LogP contribution in [0.5, 0.6) is 5.75 Å². The molecule has 1 aromatic carbocycles. The molecule has 0 radical (unpaired) electrons. The summed E-state index contributed by atoms with van der Waals surface area (Å²) in [6, 6.07) is 7.63. The second kappa shape index (κ2) is 6.40. The highest BCUT2D eigenvalue weighted by atomic mass is 16.5. The molecule has 0 spiro atoms. The van der Waals surface area contributed by atoms with Crippen LogP contribution in [-0.4, -0.2) is 42.5 Å². The number of hydrogen-bond acceptors (Lipinski definition) is 4. The van der Waals surface area contributed by atoms with Crippen LogP contribution in [0.15, 0.2) is 24.3 Å². The molecule has 2 aliphatic rings. The summed E-state index contributed by atoms with van der Waals surface area (Å²) >= 11 is 0. The molecule has 126 valence electrons. The number of benzene rings is 1. The van der Waals surface area contributed by atoms with E-state index in [9.17, 15) is 9.90 Å². The monoisotopic (exact) mass is 319 g/mol. The van der Waals surface area contributed by atoms with Crippen LogP contribution in [0, 0.1) is 5.92 Å². The van der Waals surface area contributed by atoms with Crippen molar-refractivity contribution in [3.8, 4) is 5.75 Å². The number of hydrogen-bond donors (Lipinski definition) is 1. The van der Waals surface area contributed by atoms with Crippen molar-refractivity contribution < 1.29 is 19.4 Å². The van der Waals surface area contributed by atoms with Gasteiger partial charge in [0.25, 0.3) is 0 Å². The van der Waals surface area contributed by atoms with Gasteiger partial charge in [-0.15, -0.1) is 0 Å². The molecule has 0 unspecified atom stereocenters. The van der Waals surface area contributed by atoms with Gasteiger partial charge in [-0.3, -0.25) is 0 Å². The minimum atomic E-state index is -0.673. The second-order valence-corrected chi connectivity index (χ2v) is 6.59. The Balaban J connectivity index is 1.98. The van der Waals surface area contributed by atoms with Crippen molar-refractivity contribution in [2.45, 2.75) is 43.7 Å². The van der Waals surface area contributed by atoms with Crippen molar-refractivity contribution >= 4 is 6.09 Å². The molecule has 1 amide bonds. The van der Waals surface area contributed by atoms with E-state index in [-0.39, 0.29) is 18.1 Å². The van der Waals surface area contributed by atoms with E-state index in [2.05, 4.69) is 0 Å². The third kappa shape index (κ3) is 2.90. The lowest BCUT2D eigenvalue weighted by atomic mass is 9.66. The number of likely N-dealkylation sites (tertiary alicyclic amines) is 1. The minimum absolute atomic E-state index is 0.0532. The summed E-state index contributed by atoms with van der Waals surface area (Å²) in [5.74, 6) is 0.838. The summed E-state index contributed by atoms with van der Waals surface area (Å²) in [5.41, 5.74) is 0.356. The maximum Gasteiger partial charge on any atom is 0.410 e. The number of ether oxygens (including phenoxy) is 2. The Morgan fingerprint density at radius 1 is 1.22 bits per heavy atom. The molecule has 1 saturated heterocycles. The summed E-state index contributed by atoms with van der Waals surface area (Å²) in [4.78, 5) is 14.0. The summed E-state index contributed by atoms with van der Waals surface area (Å²) in [6.45, 7) is 0.524. The predicted molar refractivity (Wildman–Crippen MR) is 86.4 cm³/mol. The Kier molecular flexibility index (Phi) is 4.48. The lowest BCUT2D eigenvalue weighted by Gasteiger charge is -2.52. The standard InChI is InChI=1S/C18H25NO4/c1-22-14-8-6-13(7-9-14)16-15-5-3-4-10-18(15,21)11-12-19(16)17(20)23-2/h6-9,15-16,21H,3-5,10-12H2,1-2H3/t15-,16-,18-/m0/s1. The van der Waals surface area contributed by atoms with Gasteiger partial charge in [-0.25, -0.2) is 4.79 Å². The number of rotatable bonds is 2. The molecule has 0 bridgehead atoms. The zero-order valence-electron chi connectivity index (χ0n) is 13.8. The lowest BCUT2D eigenvalue weighted by molar-refractivity contribution is -0.117. The third-order valence-corrected chi connectivity index (χ3v) is 5.43. The first-order valence-electron chi connectivity index (χ1n) is 8.30. The van der Waals surface area contributed by atoms with E-state index in [0.29, 0.717) is 13.0 Å². The smallest absolute Gasteiger partial charge is 0.410 e. The van der Waals surface area contributed by atoms with Crippen LogP contribution in [0.25, 0.3) is 0 Å². The van der Waals surface area contributed by atoms with Crippen LogP contribution in [0.3, 0.4) is 0 Å². The SMILES string of the molecule is COC(=O)N1CC[C@@]2(O)CCCC[C@H]2[C@@H]1c1ccc(OC)cc1. The molecule has 0 aromatic heterocycles. The van der Waals surface area contributed by atoms with Gasteiger partial charge in [-0.2, -0.15) is 0 Å². The molecule has 5 heteroatoms. The fourth-order valence-electron chi connectivity index (χ4n) is 4.22. The summed E-state index contributed by atoms with van der Waals surface area (Å²) in [6.07, 6.45) is 4.20. The van der Waals surface area contributed by atoms with Gasteiger partial charge in [0.2, 0.25) is 0 Å². The molecule has 1 N–H and O–H groups in total. The quantitative estimate of drug-likeness (QED) is 0.910. The van der Waals surface area contributed by atoms with Crippen molar-refractivity contribution in [2.75, 3.05) is 20.8 Å². The number of fused-ring (bicyclic) bond motifs is 1. The van der Waals surface area contributed by atoms with E-state index < -0.39 is 5.60 Å². The van der Waals surface area contributed by atoms with Gasteiger partial charge in [0, 0.05) is 12.5 Å². The highest BCUT2D eigenvalue weighted by Crippen LogP contribution is 2.49. The highest BCUT2D eigenvalue weighted by molar-refractivity contribution is 5.68. The van der Waals surface area contributed by atoms with Crippen LogP contribution in [0.2, 0.25) is 0 Å². The van der Waals surface area contributed by atoms with Crippen molar-refractivity contribution in [1.29, 1.82) is 0 Å². The maximum atomic E-state index is 12.2. The molecular weight excluding hydrogens is 294 g/mol. The Labute approximate surface area is 137 Å². The summed E-state index contributed by atoms with van der Waals surface area (Å²) in [7, 11) is 3.05. The minimum Gasteiger partial charge on any atom is -0.497 e. The van der Waals surface area contributed by atoms with Gasteiger partial charge in [0.1, 0.15) is 5.75 Å². The molecule has 3 rings (SSSR count). The first-order chi connectivity index (χ1) is 11.1. The number of piperidine rings is 1. The average Bonchev–Trinajstić information content (AvgIpc) is 2.59. The highest BCUT2D eigenvalue weighted by Gasteiger charge is 2.50. The van der Waals surface area contributed by atoms with Gasteiger partial charge >= 0.3 is 6.09 Å². The number of nitrogens with zero attached hydrogens (tertiary/aromatic N) is 1. The van der Waals surface area contributed by atoms with Crippen molar-refractivity contribution in [3.05, 3.63) is 29.8 Å². The summed E-state index contributed by atoms with van der Waals surface area (Å²) in [5, 5.41) is 11.1. The molecule has 23 heavy (non-hydrogen) atoms. The van der Waals surface area contributed by atoms with Crippen LogP contribution in [-0.2, 0) is 4.74 Å². The van der Waals surface area contributed by atoms with Crippen LogP contribution in [0.4, 0.5) is 4.79 Å². The normalized spacial score (nSPS) is 30.5. The zero-order chi connectivity index (χ0) is 16.4. The Bertz CT molecular complexity index is 559. The topological polar surface area (TPSA) is 59.0 Å². The van der Waals surface area contributed by atoms with Crippen LogP contribution >= 0.6 is 0 Å².